The van der Waals surface area contributed by atoms with Gasteiger partial charge in [-0.15, -0.1) is 0 Å². The number of nitrogens with zero attached hydrogens (tertiary/aromatic N) is 1. The Morgan fingerprint density at radius 1 is 0.657 bits per heavy atom. The molecule has 0 amide bonds. The van der Waals surface area contributed by atoms with Gasteiger partial charge in [0.2, 0.25) is 0 Å². The SMILES string of the molecule is CC.CCCOc1ccc(CCC)cc1.CCCOc1ccccc1.Cc1nc2ccccc2o1. The molecule has 0 atom stereocenters. The lowest BCUT2D eigenvalue weighted by atomic mass is 10.1. The number of hydrogen-bond acceptors (Lipinski definition) is 4. The molecule has 0 aliphatic heterocycles. The van der Waals surface area contributed by atoms with Crippen molar-refractivity contribution in [3.8, 4) is 11.5 Å². The van der Waals surface area contributed by atoms with Crippen LogP contribution in [0.2, 0.25) is 0 Å². The fourth-order valence-electron chi connectivity index (χ4n) is 2.98. The lowest BCUT2D eigenvalue weighted by molar-refractivity contribution is 0.317. The summed E-state index contributed by atoms with van der Waals surface area (Å²) in [6, 6.07) is 26.0. The smallest absolute Gasteiger partial charge is 0.192 e. The molecule has 0 aliphatic rings. The Morgan fingerprint density at radius 2 is 1.20 bits per heavy atom. The van der Waals surface area contributed by atoms with Gasteiger partial charge in [-0.05, 0) is 61.2 Å². The first kappa shape index (κ1) is 29.8. The Labute approximate surface area is 212 Å². The molecule has 190 valence electrons. The van der Waals surface area contributed by atoms with Crippen molar-refractivity contribution in [2.24, 2.45) is 0 Å². The standard InChI is InChI=1S/C12H18O.C9H12O.C8H7NO.C2H6/c1-3-5-11-6-8-12(9-7-11)13-10-4-2;1-2-8-10-9-6-4-3-5-7-9;1-6-9-7-4-2-3-5-8(7)10-6;1-2/h6-9H,3-5,10H2,1-2H3;3-7H,2,8H2,1H3;2-5H,1H3;1-2H3. The van der Waals surface area contributed by atoms with E-state index in [0.717, 1.165) is 61.0 Å². The molecule has 35 heavy (non-hydrogen) atoms. The number of para-hydroxylation sites is 3. The summed E-state index contributed by atoms with van der Waals surface area (Å²) in [7, 11) is 0. The highest BCUT2D eigenvalue weighted by molar-refractivity contribution is 5.71. The second-order valence-electron chi connectivity index (χ2n) is 7.60. The zero-order valence-electron chi connectivity index (χ0n) is 22.4. The molecule has 0 aliphatic carbocycles. The minimum atomic E-state index is 0.723. The Hall–Kier alpha value is -3.27. The highest BCUT2D eigenvalue weighted by Crippen LogP contribution is 2.14. The van der Waals surface area contributed by atoms with Gasteiger partial charge < -0.3 is 13.9 Å². The lowest BCUT2D eigenvalue weighted by Crippen LogP contribution is -1.94. The third kappa shape index (κ3) is 12.7. The number of aromatic nitrogens is 1. The molecule has 4 rings (SSSR count). The van der Waals surface area contributed by atoms with Gasteiger partial charge in [-0.3, -0.25) is 0 Å². The van der Waals surface area contributed by atoms with Crippen LogP contribution < -0.4 is 9.47 Å². The van der Waals surface area contributed by atoms with E-state index in [-0.39, 0.29) is 0 Å². The summed E-state index contributed by atoms with van der Waals surface area (Å²) in [5.74, 6) is 2.67. The summed E-state index contributed by atoms with van der Waals surface area (Å²) in [6.45, 7) is 13.9. The van der Waals surface area contributed by atoms with Gasteiger partial charge in [0.05, 0.1) is 13.2 Å². The Kier molecular flexibility index (Phi) is 16.2. The van der Waals surface area contributed by atoms with Crippen LogP contribution in [0.15, 0.2) is 83.3 Å². The molecule has 0 N–H and O–H groups in total. The van der Waals surface area contributed by atoms with Gasteiger partial charge in [-0.25, -0.2) is 4.98 Å². The topological polar surface area (TPSA) is 44.5 Å². The van der Waals surface area contributed by atoms with Crippen molar-refractivity contribution in [3.63, 3.8) is 0 Å². The number of benzene rings is 3. The van der Waals surface area contributed by atoms with Crippen LogP contribution in [0.1, 0.15) is 65.3 Å². The van der Waals surface area contributed by atoms with Gasteiger partial charge in [-0.2, -0.15) is 0 Å². The number of rotatable bonds is 8. The quantitative estimate of drug-likeness (QED) is 0.254. The zero-order valence-corrected chi connectivity index (χ0v) is 22.4. The molecule has 1 aromatic heterocycles. The molecule has 0 fully saturated rings. The van der Waals surface area contributed by atoms with Crippen molar-refractivity contribution in [1.82, 2.24) is 4.98 Å². The van der Waals surface area contributed by atoms with Gasteiger partial charge in [0.15, 0.2) is 11.5 Å². The van der Waals surface area contributed by atoms with E-state index < -0.39 is 0 Å². The Morgan fingerprint density at radius 3 is 1.74 bits per heavy atom. The highest BCUT2D eigenvalue weighted by Gasteiger charge is 1.97. The van der Waals surface area contributed by atoms with E-state index in [2.05, 4.69) is 50.0 Å². The van der Waals surface area contributed by atoms with Crippen LogP contribution in [-0.4, -0.2) is 18.2 Å². The van der Waals surface area contributed by atoms with Crippen molar-refractivity contribution in [2.75, 3.05) is 13.2 Å². The van der Waals surface area contributed by atoms with E-state index in [1.54, 1.807) is 0 Å². The number of aryl methyl sites for hydroxylation is 2. The number of ether oxygens (including phenoxy) is 2. The number of hydrogen-bond donors (Lipinski definition) is 0. The first-order chi connectivity index (χ1) is 17.2. The molecule has 0 radical (unpaired) electrons. The second kappa shape index (κ2) is 19.1. The lowest BCUT2D eigenvalue weighted by Gasteiger charge is -2.04. The maximum atomic E-state index is 5.49. The maximum absolute atomic E-state index is 5.49. The third-order valence-corrected chi connectivity index (χ3v) is 4.55. The first-order valence-corrected chi connectivity index (χ1v) is 12.9. The molecule has 4 aromatic rings. The van der Waals surface area contributed by atoms with Crippen LogP contribution in [0.5, 0.6) is 11.5 Å². The van der Waals surface area contributed by atoms with E-state index in [9.17, 15) is 0 Å². The van der Waals surface area contributed by atoms with Gasteiger partial charge in [0.1, 0.15) is 17.0 Å². The van der Waals surface area contributed by atoms with Gasteiger partial charge in [0, 0.05) is 6.92 Å². The molecule has 0 spiro atoms. The third-order valence-electron chi connectivity index (χ3n) is 4.55. The molecule has 0 bridgehead atoms. The average Bonchev–Trinajstić information content (AvgIpc) is 3.30. The van der Waals surface area contributed by atoms with Gasteiger partial charge in [0.25, 0.3) is 0 Å². The molecule has 1 heterocycles. The van der Waals surface area contributed by atoms with E-state index >= 15 is 0 Å². The molecular formula is C31H43NO3. The minimum Gasteiger partial charge on any atom is -0.494 e. The fraction of sp³-hybridized carbons (Fsp3) is 0.387. The van der Waals surface area contributed by atoms with Crippen molar-refractivity contribution in [2.45, 2.75) is 67.2 Å². The monoisotopic (exact) mass is 477 g/mol. The van der Waals surface area contributed by atoms with Crippen molar-refractivity contribution in [3.05, 3.63) is 90.3 Å². The Balaban J connectivity index is 0.000000256. The summed E-state index contributed by atoms with van der Waals surface area (Å²) in [6.07, 6.45) is 4.49. The van der Waals surface area contributed by atoms with Crippen LogP contribution in [0.3, 0.4) is 0 Å². The number of oxazole rings is 1. The molecule has 0 saturated heterocycles. The van der Waals surface area contributed by atoms with Crippen molar-refractivity contribution >= 4 is 11.1 Å². The van der Waals surface area contributed by atoms with Crippen LogP contribution in [0.25, 0.3) is 11.1 Å². The predicted molar refractivity (Wildman–Crippen MR) is 149 cm³/mol. The zero-order chi connectivity index (χ0) is 25.7. The van der Waals surface area contributed by atoms with E-state index in [1.807, 2.05) is 75.4 Å². The van der Waals surface area contributed by atoms with E-state index in [4.69, 9.17) is 13.9 Å². The van der Waals surface area contributed by atoms with Crippen LogP contribution >= 0.6 is 0 Å². The molecule has 4 heteroatoms. The van der Waals surface area contributed by atoms with Crippen LogP contribution in [0.4, 0.5) is 0 Å². The Bertz CT molecular complexity index is 977. The molecule has 4 nitrogen and oxygen atoms in total. The molecule has 0 unspecified atom stereocenters. The van der Waals surface area contributed by atoms with Gasteiger partial charge >= 0.3 is 0 Å². The summed E-state index contributed by atoms with van der Waals surface area (Å²) in [4.78, 5) is 4.15. The van der Waals surface area contributed by atoms with Gasteiger partial charge in [-0.1, -0.05) is 83.5 Å². The summed E-state index contributed by atoms with van der Waals surface area (Å²) in [5, 5.41) is 0. The highest BCUT2D eigenvalue weighted by atomic mass is 16.5. The number of fused-ring (bicyclic) bond motifs is 1. The average molecular weight is 478 g/mol. The second-order valence-corrected chi connectivity index (χ2v) is 7.60. The fourth-order valence-corrected chi connectivity index (χ4v) is 2.98. The molecule has 3 aromatic carbocycles. The summed E-state index contributed by atoms with van der Waals surface area (Å²) < 4.78 is 16.1. The normalized spacial score (nSPS) is 9.54. The predicted octanol–water partition coefficient (Wildman–Crippen LogP) is 9.07. The van der Waals surface area contributed by atoms with E-state index in [0.29, 0.717) is 0 Å². The van der Waals surface area contributed by atoms with Crippen LogP contribution in [0, 0.1) is 6.92 Å². The maximum Gasteiger partial charge on any atom is 0.192 e. The minimum absolute atomic E-state index is 0.723. The molecular weight excluding hydrogens is 434 g/mol. The molecule has 0 saturated carbocycles. The van der Waals surface area contributed by atoms with Crippen LogP contribution in [-0.2, 0) is 6.42 Å². The van der Waals surface area contributed by atoms with E-state index in [1.165, 1.54) is 12.0 Å². The van der Waals surface area contributed by atoms with Crippen molar-refractivity contribution < 1.29 is 13.9 Å². The first-order valence-electron chi connectivity index (χ1n) is 12.9. The summed E-state index contributed by atoms with van der Waals surface area (Å²) >= 11 is 0. The largest absolute Gasteiger partial charge is 0.494 e. The van der Waals surface area contributed by atoms with Crippen molar-refractivity contribution in [1.29, 1.82) is 0 Å². The summed E-state index contributed by atoms with van der Waals surface area (Å²) in [5.41, 5.74) is 3.19.